The molecule has 0 aliphatic carbocycles. The van der Waals surface area contributed by atoms with Crippen molar-refractivity contribution in [1.29, 1.82) is 0 Å². The van der Waals surface area contributed by atoms with E-state index >= 15 is 0 Å². The number of nitrogens with one attached hydrogen (secondary N) is 2. The van der Waals surface area contributed by atoms with Crippen LogP contribution < -0.4 is 10.7 Å². The lowest BCUT2D eigenvalue weighted by Gasteiger charge is -2.25. The van der Waals surface area contributed by atoms with E-state index in [2.05, 4.69) is 17.7 Å². The SMILES string of the molecule is CCCCN(C)CC(=O)NN1C(=O)N[C@](CC)(c2ccccc2)C1=O. The maximum absolute atomic E-state index is 12.9. The molecule has 25 heavy (non-hydrogen) atoms. The van der Waals surface area contributed by atoms with E-state index in [1.807, 2.05) is 37.1 Å². The number of nitrogens with zero attached hydrogens (tertiary/aromatic N) is 2. The Labute approximate surface area is 148 Å². The Morgan fingerprint density at radius 1 is 1.24 bits per heavy atom. The summed E-state index contributed by atoms with van der Waals surface area (Å²) in [4.78, 5) is 39.2. The largest absolute Gasteiger partial charge is 0.344 e. The van der Waals surface area contributed by atoms with Gasteiger partial charge in [0.1, 0.15) is 5.54 Å². The molecule has 0 radical (unpaired) electrons. The summed E-state index contributed by atoms with van der Waals surface area (Å²) in [6.07, 6.45) is 2.42. The van der Waals surface area contributed by atoms with Crippen LogP contribution >= 0.6 is 0 Å². The summed E-state index contributed by atoms with van der Waals surface area (Å²) in [5.74, 6) is -0.849. The first-order chi connectivity index (χ1) is 11.9. The molecule has 7 nitrogen and oxygen atoms in total. The lowest BCUT2D eigenvalue weighted by atomic mass is 9.87. The first kappa shape index (κ1) is 18.9. The number of amides is 4. The third-order valence-corrected chi connectivity index (χ3v) is 4.43. The van der Waals surface area contributed by atoms with Crippen LogP contribution in [-0.4, -0.2) is 47.9 Å². The summed E-state index contributed by atoms with van der Waals surface area (Å²) >= 11 is 0. The van der Waals surface area contributed by atoms with Gasteiger partial charge in [-0.05, 0) is 32.0 Å². The van der Waals surface area contributed by atoms with Gasteiger partial charge in [-0.2, -0.15) is 5.01 Å². The van der Waals surface area contributed by atoms with Crippen molar-refractivity contribution in [3.63, 3.8) is 0 Å². The van der Waals surface area contributed by atoms with Crippen molar-refractivity contribution in [2.75, 3.05) is 20.1 Å². The molecule has 0 saturated carbocycles. The minimum atomic E-state index is -1.14. The molecule has 1 aromatic carbocycles. The van der Waals surface area contributed by atoms with Gasteiger partial charge in [0.25, 0.3) is 11.8 Å². The summed E-state index contributed by atoms with van der Waals surface area (Å²) in [5.41, 5.74) is 2.00. The van der Waals surface area contributed by atoms with Crippen molar-refractivity contribution in [2.24, 2.45) is 0 Å². The standard InChI is InChI=1S/C18H26N4O3/c1-4-6-12-21(3)13-15(23)20-22-16(24)18(5-2,19-17(22)25)14-10-8-7-9-11-14/h7-11H,4-6,12-13H2,1-3H3,(H,19,25)(H,20,23)/t18-/m1/s1. The zero-order valence-electron chi connectivity index (χ0n) is 15.0. The second-order valence-electron chi connectivity index (χ2n) is 6.32. The van der Waals surface area contributed by atoms with Crippen molar-refractivity contribution in [3.8, 4) is 0 Å². The highest BCUT2D eigenvalue weighted by molar-refractivity contribution is 6.08. The van der Waals surface area contributed by atoms with Crippen LogP contribution in [-0.2, 0) is 15.1 Å². The summed E-state index contributed by atoms with van der Waals surface area (Å²) in [7, 11) is 1.83. The van der Waals surface area contributed by atoms with Gasteiger partial charge in [-0.15, -0.1) is 0 Å². The number of rotatable bonds is 8. The average molecular weight is 346 g/mol. The number of hydrogen-bond acceptors (Lipinski definition) is 4. The molecule has 1 aromatic rings. The number of hydrazine groups is 1. The second-order valence-corrected chi connectivity index (χ2v) is 6.32. The Hall–Kier alpha value is -2.41. The average Bonchev–Trinajstić information content (AvgIpc) is 2.85. The molecule has 1 saturated heterocycles. The minimum absolute atomic E-state index is 0.127. The summed E-state index contributed by atoms with van der Waals surface area (Å²) in [6.45, 7) is 4.82. The van der Waals surface area contributed by atoms with Gasteiger partial charge in [-0.3, -0.25) is 19.9 Å². The van der Waals surface area contributed by atoms with E-state index in [0.29, 0.717) is 12.0 Å². The highest BCUT2D eigenvalue weighted by Crippen LogP contribution is 2.31. The number of benzene rings is 1. The van der Waals surface area contributed by atoms with Gasteiger partial charge in [0.2, 0.25) is 0 Å². The molecule has 1 heterocycles. The minimum Gasteiger partial charge on any atom is -0.318 e. The highest BCUT2D eigenvalue weighted by Gasteiger charge is 2.52. The molecule has 136 valence electrons. The number of carbonyl (C=O) groups excluding carboxylic acids is 3. The van der Waals surface area contributed by atoms with Crippen molar-refractivity contribution in [2.45, 2.75) is 38.6 Å². The van der Waals surface area contributed by atoms with Gasteiger partial charge < -0.3 is 5.32 Å². The summed E-state index contributed by atoms with van der Waals surface area (Å²) in [5, 5.41) is 3.53. The first-order valence-electron chi connectivity index (χ1n) is 8.64. The van der Waals surface area contributed by atoms with Crippen LogP contribution in [0.25, 0.3) is 0 Å². The van der Waals surface area contributed by atoms with E-state index in [-0.39, 0.29) is 12.5 Å². The van der Waals surface area contributed by atoms with Crippen LogP contribution in [0.4, 0.5) is 4.79 Å². The van der Waals surface area contributed by atoms with E-state index < -0.39 is 17.5 Å². The monoisotopic (exact) mass is 346 g/mol. The molecule has 1 aliphatic heterocycles. The quantitative estimate of drug-likeness (QED) is 0.701. The van der Waals surface area contributed by atoms with Crippen LogP contribution in [0.5, 0.6) is 0 Å². The molecule has 1 atom stereocenters. The van der Waals surface area contributed by atoms with Gasteiger partial charge in [0.05, 0.1) is 6.54 Å². The number of likely N-dealkylation sites (N-methyl/N-ethyl adjacent to an activating group) is 1. The Morgan fingerprint density at radius 3 is 2.52 bits per heavy atom. The van der Waals surface area contributed by atoms with Crippen LogP contribution in [0, 0.1) is 0 Å². The maximum atomic E-state index is 12.9. The third-order valence-electron chi connectivity index (χ3n) is 4.43. The topological polar surface area (TPSA) is 81.8 Å². The Balaban J connectivity index is 2.09. The molecule has 2 N–H and O–H groups in total. The van der Waals surface area contributed by atoms with Gasteiger partial charge in [0, 0.05) is 0 Å². The Morgan fingerprint density at radius 2 is 1.92 bits per heavy atom. The molecular formula is C18H26N4O3. The van der Waals surface area contributed by atoms with E-state index in [9.17, 15) is 14.4 Å². The molecule has 0 unspecified atom stereocenters. The zero-order valence-corrected chi connectivity index (χ0v) is 15.0. The van der Waals surface area contributed by atoms with Crippen LogP contribution in [0.2, 0.25) is 0 Å². The molecule has 4 amide bonds. The number of hydrogen-bond donors (Lipinski definition) is 2. The highest BCUT2D eigenvalue weighted by atomic mass is 16.2. The van der Waals surface area contributed by atoms with Gasteiger partial charge in [-0.1, -0.05) is 50.6 Å². The van der Waals surface area contributed by atoms with Gasteiger partial charge >= 0.3 is 6.03 Å². The molecule has 0 aromatic heterocycles. The van der Waals surface area contributed by atoms with Crippen LogP contribution in [0.3, 0.4) is 0 Å². The fraction of sp³-hybridized carbons (Fsp3) is 0.500. The Kier molecular flexibility index (Phi) is 6.14. The molecule has 1 fully saturated rings. The van der Waals surface area contributed by atoms with Crippen molar-refractivity contribution in [1.82, 2.24) is 20.7 Å². The lowest BCUT2D eigenvalue weighted by Crippen LogP contribution is -2.50. The fourth-order valence-corrected chi connectivity index (χ4v) is 2.95. The van der Waals surface area contributed by atoms with Crippen molar-refractivity contribution in [3.05, 3.63) is 35.9 Å². The van der Waals surface area contributed by atoms with E-state index in [1.165, 1.54) is 0 Å². The molecule has 0 spiro atoms. The van der Waals surface area contributed by atoms with Crippen molar-refractivity contribution >= 4 is 17.8 Å². The summed E-state index contributed by atoms with van der Waals surface area (Å²) < 4.78 is 0. The predicted molar refractivity (Wildman–Crippen MR) is 94.3 cm³/mol. The molecule has 2 rings (SSSR count). The molecular weight excluding hydrogens is 320 g/mol. The first-order valence-corrected chi connectivity index (χ1v) is 8.64. The molecule has 1 aliphatic rings. The van der Waals surface area contributed by atoms with Gasteiger partial charge in [-0.25, -0.2) is 4.79 Å². The Bertz CT molecular complexity index is 634. The smallest absolute Gasteiger partial charge is 0.318 e. The van der Waals surface area contributed by atoms with E-state index in [4.69, 9.17) is 0 Å². The van der Waals surface area contributed by atoms with Gasteiger partial charge in [0.15, 0.2) is 0 Å². The molecule has 7 heteroatoms. The lowest BCUT2D eigenvalue weighted by molar-refractivity contribution is -0.139. The number of urea groups is 1. The normalized spacial score (nSPS) is 20.1. The zero-order chi connectivity index (χ0) is 18.4. The van der Waals surface area contributed by atoms with E-state index in [1.54, 1.807) is 12.1 Å². The van der Waals surface area contributed by atoms with Crippen LogP contribution in [0.1, 0.15) is 38.7 Å². The molecule has 0 bridgehead atoms. The van der Waals surface area contributed by atoms with Crippen LogP contribution in [0.15, 0.2) is 30.3 Å². The maximum Gasteiger partial charge on any atom is 0.344 e. The number of imide groups is 1. The van der Waals surface area contributed by atoms with E-state index in [0.717, 1.165) is 24.4 Å². The number of carbonyl (C=O) groups is 3. The summed E-state index contributed by atoms with van der Waals surface area (Å²) in [6, 6.07) is 8.46. The predicted octanol–water partition coefficient (Wildman–Crippen LogP) is 1.61. The second kappa shape index (κ2) is 8.11. The third kappa shape index (κ3) is 3.99. The van der Waals surface area contributed by atoms with Crippen molar-refractivity contribution < 1.29 is 14.4 Å². The number of unbranched alkanes of at least 4 members (excludes halogenated alkanes) is 1. The fourth-order valence-electron chi connectivity index (χ4n) is 2.95.